The van der Waals surface area contributed by atoms with Crippen LogP contribution in [0, 0.1) is 0 Å². The van der Waals surface area contributed by atoms with Gasteiger partial charge >= 0.3 is 0 Å². The molecule has 0 radical (unpaired) electrons. The molecule has 0 aliphatic carbocycles. The molecule has 1 heterocycles. The molecule has 3 heteroatoms. The Labute approximate surface area is 99.0 Å². The topological polar surface area (TPSA) is 12.0 Å². The number of aryl methyl sites for hydroxylation is 1. The quantitative estimate of drug-likeness (QED) is 0.746. The Morgan fingerprint density at radius 2 is 2.07 bits per heavy atom. The lowest BCUT2D eigenvalue weighted by molar-refractivity contribution is 0.618. The summed E-state index contributed by atoms with van der Waals surface area (Å²) in [6.45, 7) is 1.16. The summed E-state index contributed by atoms with van der Waals surface area (Å²) in [5.41, 5.74) is 0. The SMILES string of the molecule is CNCCCCCCc1sccc1Br. The molecule has 0 aromatic carbocycles. The average molecular weight is 276 g/mol. The van der Waals surface area contributed by atoms with Gasteiger partial charge in [-0.1, -0.05) is 12.8 Å². The van der Waals surface area contributed by atoms with Crippen LogP contribution in [0.4, 0.5) is 0 Å². The van der Waals surface area contributed by atoms with Crippen LogP contribution in [0.3, 0.4) is 0 Å². The Morgan fingerprint density at radius 1 is 1.29 bits per heavy atom. The summed E-state index contributed by atoms with van der Waals surface area (Å²) in [5.74, 6) is 0. The third kappa shape index (κ3) is 4.58. The molecule has 1 N–H and O–H groups in total. The van der Waals surface area contributed by atoms with Gasteiger partial charge < -0.3 is 5.32 Å². The fourth-order valence-corrected chi connectivity index (χ4v) is 3.04. The van der Waals surface area contributed by atoms with Gasteiger partial charge in [0.1, 0.15) is 0 Å². The van der Waals surface area contributed by atoms with Gasteiger partial charge in [0, 0.05) is 9.35 Å². The Morgan fingerprint density at radius 3 is 2.71 bits per heavy atom. The number of hydrogen-bond acceptors (Lipinski definition) is 2. The van der Waals surface area contributed by atoms with Crippen molar-refractivity contribution in [1.82, 2.24) is 5.32 Å². The highest BCUT2D eigenvalue weighted by Gasteiger charge is 2.00. The smallest absolute Gasteiger partial charge is 0.0314 e. The number of unbranched alkanes of at least 4 members (excludes halogenated alkanes) is 3. The van der Waals surface area contributed by atoms with Crippen molar-refractivity contribution >= 4 is 27.3 Å². The van der Waals surface area contributed by atoms with E-state index in [0.717, 1.165) is 6.54 Å². The first kappa shape index (κ1) is 12.2. The molecule has 1 aromatic rings. The largest absolute Gasteiger partial charge is 0.320 e. The minimum absolute atomic E-state index is 1.16. The van der Waals surface area contributed by atoms with E-state index in [-0.39, 0.29) is 0 Å². The zero-order valence-electron chi connectivity index (χ0n) is 8.68. The van der Waals surface area contributed by atoms with E-state index in [1.54, 1.807) is 0 Å². The van der Waals surface area contributed by atoms with E-state index >= 15 is 0 Å². The fraction of sp³-hybridized carbons (Fsp3) is 0.636. The van der Waals surface area contributed by atoms with Crippen molar-refractivity contribution in [1.29, 1.82) is 0 Å². The van der Waals surface area contributed by atoms with E-state index in [1.165, 1.54) is 41.5 Å². The second-order valence-electron chi connectivity index (χ2n) is 3.46. The number of halogens is 1. The average Bonchev–Trinajstić information content (AvgIpc) is 2.58. The van der Waals surface area contributed by atoms with Gasteiger partial charge in [-0.15, -0.1) is 11.3 Å². The molecule has 0 saturated carbocycles. The Balaban J connectivity index is 2.02. The molecule has 14 heavy (non-hydrogen) atoms. The molecular formula is C11H18BrNS. The Hall–Kier alpha value is 0.140. The first-order valence-corrected chi connectivity index (χ1v) is 6.88. The second-order valence-corrected chi connectivity index (χ2v) is 5.31. The zero-order valence-corrected chi connectivity index (χ0v) is 11.1. The summed E-state index contributed by atoms with van der Waals surface area (Å²) in [6.07, 6.45) is 6.57. The minimum atomic E-state index is 1.16. The molecule has 1 rings (SSSR count). The number of thiophene rings is 1. The standard InChI is InChI=1S/C11H18BrNS/c1-13-8-5-3-2-4-6-11-10(12)7-9-14-11/h7,9,13H,2-6,8H2,1H3. The molecule has 1 nitrogen and oxygen atoms in total. The van der Waals surface area contributed by atoms with Crippen molar-refractivity contribution in [3.05, 3.63) is 20.8 Å². The van der Waals surface area contributed by atoms with Crippen LogP contribution in [-0.2, 0) is 6.42 Å². The van der Waals surface area contributed by atoms with E-state index in [4.69, 9.17) is 0 Å². The van der Waals surface area contributed by atoms with Crippen molar-refractivity contribution in [2.24, 2.45) is 0 Å². The van der Waals surface area contributed by atoms with Gasteiger partial charge in [0.25, 0.3) is 0 Å². The lowest BCUT2D eigenvalue weighted by Crippen LogP contribution is -2.06. The predicted octanol–water partition coefficient (Wildman–Crippen LogP) is 3.83. The molecule has 0 saturated heterocycles. The van der Waals surface area contributed by atoms with Gasteiger partial charge in [0.15, 0.2) is 0 Å². The zero-order chi connectivity index (χ0) is 10.2. The molecule has 80 valence electrons. The van der Waals surface area contributed by atoms with Crippen LogP contribution < -0.4 is 5.32 Å². The van der Waals surface area contributed by atoms with Gasteiger partial charge in [-0.25, -0.2) is 0 Å². The molecular weight excluding hydrogens is 258 g/mol. The fourth-order valence-electron chi connectivity index (χ4n) is 1.44. The second kappa shape index (κ2) is 7.43. The molecule has 0 fully saturated rings. The number of nitrogens with one attached hydrogen (secondary N) is 1. The summed E-state index contributed by atoms with van der Waals surface area (Å²) >= 11 is 5.42. The highest BCUT2D eigenvalue weighted by atomic mass is 79.9. The van der Waals surface area contributed by atoms with Gasteiger partial charge in [0.2, 0.25) is 0 Å². The van der Waals surface area contributed by atoms with E-state index in [0.29, 0.717) is 0 Å². The lowest BCUT2D eigenvalue weighted by Gasteiger charge is -2.00. The van der Waals surface area contributed by atoms with Crippen molar-refractivity contribution in [2.75, 3.05) is 13.6 Å². The van der Waals surface area contributed by atoms with Crippen LogP contribution in [0.1, 0.15) is 30.6 Å². The van der Waals surface area contributed by atoms with Gasteiger partial charge in [-0.3, -0.25) is 0 Å². The molecule has 1 aromatic heterocycles. The lowest BCUT2D eigenvalue weighted by atomic mass is 10.1. The van der Waals surface area contributed by atoms with E-state index in [9.17, 15) is 0 Å². The molecule has 0 unspecified atom stereocenters. The first-order chi connectivity index (χ1) is 6.84. The Bertz CT molecular complexity index is 247. The first-order valence-electron chi connectivity index (χ1n) is 5.21. The maximum Gasteiger partial charge on any atom is 0.0314 e. The molecule has 0 aliphatic heterocycles. The third-order valence-electron chi connectivity index (χ3n) is 2.27. The van der Waals surface area contributed by atoms with Crippen LogP contribution in [0.25, 0.3) is 0 Å². The summed E-state index contributed by atoms with van der Waals surface area (Å²) in [4.78, 5) is 1.50. The number of rotatable bonds is 7. The van der Waals surface area contributed by atoms with Crippen LogP contribution >= 0.6 is 27.3 Å². The van der Waals surface area contributed by atoms with Crippen molar-refractivity contribution < 1.29 is 0 Å². The molecule has 0 atom stereocenters. The Kier molecular flexibility index (Phi) is 6.48. The van der Waals surface area contributed by atoms with Crippen molar-refractivity contribution in [3.63, 3.8) is 0 Å². The predicted molar refractivity (Wildman–Crippen MR) is 68.1 cm³/mol. The highest BCUT2D eigenvalue weighted by Crippen LogP contribution is 2.24. The van der Waals surface area contributed by atoms with Crippen LogP contribution in [0.15, 0.2) is 15.9 Å². The highest BCUT2D eigenvalue weighted by molar-refractivity contribution is 9.10. The van der Waals surface area contributed by atoms with Crippen LogP contribution in [0.2, 0.25) is 0 Å². The molecule has 0 amide bonds. The van der Waals surface area contributed by atoms with Gasteiger partial charge in [-0.05, 0) is 60.2 Å². The maximum atomic E-state index is 3.56. The summed E-state index contributed by atoms with van der Waals surface area (Å²) < 4.78 is 1.29. The minimum Gasteiger partial charge on any atom is -0.320 e. The molecule has 0 bridgehead atoms. The van der Waals surface area contributed by atoms with Crippen LogP contribution in [0.5, 0.6) is 0 Å². The summed E-state index contributed by atoms with van der Waals surface area (Å²) in [7, 11) is 2.02. The normalized spacial score (nSPS) is 10.7. The van der Waals surface area contributed by atoms with Gasteiger partial charge in [0.05, 0.1) is 0 Å². The summed E-state index contributed by atoms with van der Waals surface area (Å²) in [5, 5.41) is 5.33. The van der Waals surface area contributed by atoms with E-state index in [2.05, 4.69) is 32.7 Å². The molecule has 0 aliphatic rings. The van der Waals surface area contributed by atoms with E-state index < -0.39 is 0 Å². The van der Waals surface area contributed by atoms with Gasteiger partial charge in [-0.2, -0.15) is 0 Å². The monoisotopic (exact) mass is 275 g/mol. The van der Waals surface area contributed by atoms with Crippen molar-refractivity contribution in [2.45, 2.75) is 32.1 Å². The number of hydrogen-bond donors (Lipinski definition) is 1. The third-order valence-corrected chi connectivity index (χ3v) is 4.26. The van der Waals surface area contributed by atoms with Crippen molar-refractivity contribution in [3.8, 4) is 0 Å². The van der Waals surface area contributed by atoms with E-state index in [1.807, 2.05) is 18.4 Å². The molecule has 0 spiro atoms. The van der Waals surface area contributed by atoms with Crippen LogP contribution in [-0.4, -0.2) is 13.6 Å². The summed E-state index contributed by atoms with van der Waals surface area (Å²) in [6, 6.07) is 2.14. The maximum absolute atomic E-state index is 3.56.